The van der Waals surface area contributed by atoms with Crippen molar-refractivity contribution in [3.05, 3.63) is 46.5 Å². The van der Waals surface area contributed by atoms with Gasteiger partial charge in [-0.2, -0.15) is 0 Å². The predicted octanol–water partition coefficient (Wildman–Crippen LogP) is 4.12. The van der Waals surface area contributed by atoms with Crippen molar-refractivity contribution in [2.75, 3.05) is 5.75 Å². The molecule has 3 nitrogen and oxygen atoms in total. The van der Waals surface area contributed by atoms with E-state index in [1.165, 1.54) is 17.3 Å². The second-order valence-corrected chi connectivity index (χ2v) is 7.06. The molecule has 2 rings (SSSR count). The van der Waals surface area contributed by atoms with Crippen molar-refractivity contribution in [3.63, 3.8) is 0 Å². The number of aromatic nitrogens is 1. The summed E-state index contributed by atoms with van der Waals surface area (Å²) in [5.74, 6) is 0.468. The molecule has 0 spiro atoms. The SMILES string of the molecule is CC[C@H](NC(=O)CSc1nc(C)cs1)c1ccc(C)cc1. The molecule has 0 aliphatic heterocycles. The minimum atomic E-state index is 0.0558. The second-order valence-electron chi connectivity index (χ2n) is 4.98. The molecule has 0 radical (unpaired) electrons. The number of amides is 1. The van der Waals surface area contributed by atoms with Crippen molar-refractivity contribution in [2.45, 2.75) is 37.6 Å². The maximum absolute atomic E-state index is 12.1. The van der Waals surface area contributed by atoms with Crippen molar-refractivity contribution >= 4 is 29.0 Å². The summed E-state index contributed by atoms with van der Waals surface area (Å²) >= 11 is 3.08. The van der Waals surface area contributed by atoms with Crippen molar-refractivity contribution in [1.29, 1.82) is 0 Å². The number of benzene rings is 1. The highest BCUT2D eigenvalue weighted by molar-refractivity contribution is 8.01. The predicted molar refractivity (Wildman–Crippen MR) is 89.9 cm³/mol. The molecule has 0 aliphatic rings. The largest absolute Gasteiger partial charge is 0.349 e. The Kier molecular flexibility index (Phi) is 5.82. The Bertz CT molecular complexity index is 593. The summed E-state index contributed by atoms with van der Waals surface area (Å²) in [4.78, 5) is 16.4. The second kappa shape index (κ2) is 7.61. The molecule has 5 heteroatoms. The van der Waals surface area contributed by atoms with E-state index >= 15 is 0 Å². The van der Waals surface area contributed by atoms with Crippen molar-refractivity contribution < 1.29 is 4.79 Å². The monoisotopic (exact) mass is 320 g/mol. The molecular weight excluding hydrogens is 300 g/mol. The minimum Gasteiger partial charge on any atom is -0.349 e. The van der Waals surface area contributed by atoms with E-state index in [4.69, 9.17) is 0 Å². The van der Waals surface area contributed by atoms with Crippen LogP contribution in [0.15, 0.2) is 34.0 Å². The van der Waals surface area contributed by atoms with Gasteiger partial charge < -0.3 is 5.32 Å². The molecule has 2 aromatic rings. The fraction of sp³-hybridized carbons (Fsp3) is 0.375. The zero-order valence-electron chi connectivity index (χ0n) is 12.6. The lowest BCUT2D eigenvalue weighted by atomic mass is 10.0. The first-order valence-electron chi connectivity index (χ1n) is 6.99. The van der Waals surface area contributed by atoms with Crippen LogP contribution in [0.3, 0.4) is 0 Å². The van der Waals surface area contributed by atoms with Crippen LogP contribution in [0.4, 0.5) is 0 Å². The van der Waals surface area contributed by atoms with E-state index in [9.17, 15) is 4.79 Å². The number of thioether (sulfide) groups is 1. The summed E-state index contributed by atoms with van der Waals surface area (Å²) < 4.78 is 0.950. The Morgan fingerprint density at radius 2 is 2.05 bits per heavy atom. The molecule has 0 saturated heterocycles. The van der Waals surface area contributed by atoms with Crippen LogP contribution in [-0.2, 0) is 4.79 Å². The van der Waals surface area contributed by atoms with Crippen molar-refractivity contribution in [1.82, 2.24) is 10.3 Å². The Hall–Kier alpha value is -1.33. The number of aryl methyl sites for hydroxylation is 2. The topological polar surface area (TPSA) is 42.0 Å². The Balaban J connectivity index is 1.89. The first kappa shape index (κ1) is 16.0. The number of carbonyl (C=O) groups is 1. The number of nitrogens with zero attached hydrogens (tertiary/aromatic N) is 1. The molecule has 1 aromatic carbocycles. The summed E-state index contributed by atoms with van der Waals surface area (Å²) in [5.41, 5.74) is 3.40. The number of rotatable bonds is 6. The molecule has 0 unspecified atom stereocenters. The lowest BCUT2D eigenvalue weighted by molar-refractivity contribution is -0.119. The van der Waals surface area contributed by atoms with E-state index in [0.717, 1.165) is 22.0 Å². The highest BCUT2D eigenvalue weighted by atomic mass is 32.2. The van der Waals surface area contributed by atoms with E-state index in [2.05, 4.69) is 48.4 Å². The van der Waals surface area contributed by atoms with E-state index in [-0.39, 0.29) is 11.9 Å². The zero-order valence-corrected chi connectivity index (χ0v) is 14.2. The third-order valence-corrected chi connectivity index (χ3v) is 5.29. The van der Waals surface area contributed by atoms with Crippen molar-refractivity contribution in [3.8, 4) is 0 Å². The normalized spacial score (nSPS) is 12.1. The standard InChI is InChI=1S/C16H20N2OS2/c1-4-14(13-7-5-11(2)6-8-13)18-15(19)10-21-16-17-12(3)9-20-16/h5-9,14H,4,10H2,1-3H3,(H,18,19)/t14-/m0/s1. The van der Waals surface area contributed by atoms with Crippen LogP contribution in [0.2, 0.25) is 0 Å². The molecular formula is C16H20N2OS2. The van der Waals surface area contributed by atoms with Crippen LogP contribution >= 0.6 is 23.1 Å². The summed E-state index contributed by atoms with van der Waals surface area (Å²) in [6.45, 7) is 6.11. The number of hydrogen-bond acceptors (Lipinski definition) is 4. The van der Waals surface area contributed by atoms with Gasteiger partial charge in [0.25, 0.3) is 0 Å². The molecule has 21 heavy (non-hydrogen) atoms. The Labute approximate surface area is 134 Å². The molecule has 0 aliphatic carbocycles. The van der Waals surface area contributed by atoms with Crippen molar-refractivity contribution in [2.24, 2.45) is 0 Å². The number of hydrogen-bond donors (Lipinski definition) is 1. The van der Waals surface area contributed by atoms with E-state index in [0.29, 0.717) is 5.75 Å². The minimum absolute atomic E-state index is 0.0558. The smallest absolute Gasteiger partial charge is 0.230 e. The molecule has 0 bridgehead atoms. The highest BCUT2D eigenvalue weighted by Gasteiger charge is 2.13. The fourth-order valence-electron chi connectivity index (χ4n) is 1.98. The lowest BCUT2D eigenvalue weighted by Crippen LogP contribution is -2.29. The summed E-state index contributed by atoms with van der Waals surface area (Å²) in [7, 11) is 0. The number of carbonyl (C=O) groups excluding carboxylic acids is 1. The molecule has 1 atom stereocenters. The van der Waals surface area contributed by atoms with Gasteiger partial charge in [0.05, 0.1) is 11.8 Å². The quantitative estimate of drug-likeness (QED) is 0.814. The van der Waals surface area contributed by atoms with Gasteiger partial charge in [-0.25, -0.2) is 4.98 Å². The molecule has 1 N–H and O–H groups in total. The van der Waals surface area contributed by atoms with Gasteiger partial charge in [-0.05, 0) is 25.8 Å². The first-order chi connectivity index (χ1) is 10.1. The van der Waals surface area contributed by atoms with Crippen LogP contribution in [0.1, 0.15) is 36.2 Å². The molecule has 1 aromatic heterocycles. The summed E-state index contributed by atoms with van der Waals surface area (Å²) in [6.07, 6.45) is 0.885. The highest BCUT2D eigenvalue weighted by Crippen LogP contribution is 2.23. The molecule has 0 saturated carbocycles. The first-order valence-corrected chi connectivity index (χ1v) is 8.86. The maximum atomic E-state index is 12.1. The average molecular weight is 320 g/mol. The van der Waals surface area contributed by atoms with E-state index in [1.807, 2.05) is 12.3 Å². The summed E-state index contributed by atoms with van der Waals surface area (Å²) in [5, 5.41) is 5.10. The fourth-order valence-corrected chi connectivity index (χ4v) is 3.64. The van der Waals surface area contributed by atoms with Crippen LogP contribution in [0.25, 0.3) is 0 Å². The van der Waals surface area contributed by atoms with Gasteiger partial charge in [0.2, 0.25) is 5.91 Å². The van der Waals surface area contributed by atoms with Crippen LogP contribution in [0.5, 0.6) is 0 Å². The third kappa shape index (κ3) is 4.86. The van der Waals surface area contributed by atoms with E-state index in [1.54, 1.807) is 11.3 Å². The molecule has 112 valence electrons. The van der Waals surface area contributed by atoms with Gasteiger partial charge >= 0.3 is 0 Å². The zero-order chi connectivity index (χ0) is 15.2. The Morgan fingerprint density at radius 1 is 1.33 bits per heavy atom. The molecule has 1 amide bonds. The van der Waals surface area contributed by atoms with Gasteiger partial charge in [0, 0.05) is 11.1 Å². The van der Waals surface area contributed by atoms with Crippen LogP contribution in [0, 0.1) is 13.8 Å². The molecule has 1 heterocycles. The lowest BCUT2D eigenvalue weighted by Gasteiger charge is -2.17. The Morgan fingerprint density at radius 3 is 2.62 bits per heavy atom. The number of thiazole rings is 1. The van der Waals surface area contributed by atoms with Crippen LogP contribution < -0.4 is 5.32 Å². The van der Waals surface area contributed by atoms with Gasteiger partial charge in [-0.3, -0.25) is 4.79 Å². The van der Waals surface area contributed by atoms with Gasteiger partial charge in [0.1, 0.15) is 0 Å². The van der Waals surface area contributed by atoms with Gasteiger partial charge in [-0.15, -0.1) is 11.3 Å². The molecule has 0 fully saturated rings. The van der Waals surface area contributed by atoms with Crippen LogP contribution in [-0.4, -0.2) is 16.6 Å². The summed E-state index contributed by atoms with van der Waals surface area (Å²) in [6, 6.07) is 8.41. The van der Waals surface area contributed by atoms with E-state index < -0.39 is 0 Å². The third-order valence-electron chi connectivity index (χ3n) is 3.15. The average Bonchev–Trinajstić information content (AvgIpc) is 2.89. The maximum Gasteiger partial charge on any atom is 0.230 e. The number of nitrogens with one attached hydrogen (secondary N) is 1. The van der Waals surface area contributed by atoms with Gasteiger partial charge in [-0.1, -0.05) is 48.5 Å². The van der Waals surface area contributed by atoms with Gasteiger partial charge in [0.15, 0.2) is 4.34 Å².